The molecule has 1 aromatic rings. The van der Waals surface area contributed by atoms with Gasteiger partial charge in [-0.2, -0.15) is 4.31 Å². The molecule has 1 aliphatic heterocycles. The molecule has 8 heteroatoms. The zero-order valence-electron chi connectivity index (χ0n) is 14.6. The molecule has 0 N–H and O–H groups in total. The number of rotatable bonds is 6. The summed E-state index contributed by atoms with van der Waals surface area (Å²) in [6.07, 6.45) is -0.881. The molecule has 0 unspecified atom stereocenters. The van der Waals surface area contributed by atoms with Crippen LogP contribution in [0.3, 0.4) is 0 Å². The number of hydrogen-bond donors (Lipinski definition) is 0. The largest absolute Gasteiger partial charge is 0.374 e. The van der Waals surface area contributed by atoms with Crippen LogP contribution in [-0.4, -0.2) is 65.3 Å². The van der Waals surface area contributed by atoms with E-state index in [4.69, 9.17) is 18.9 Å². The van der Waals surface area contributed by atoms with Gasteiger partial charge in [0.05, 0.1) is 10.9 Å². The van der Waals surface area contributed by atoms with E-state index < -0.39 is 34.2 Å². The summed E-state index contributed by atoms with van der Waals surface area (Å²) in [5.41, 5.74) is 0. The van der Waals surface area contributed by atoms with Crippen molar-refractivity contribution in [1.82, 2.24) is 4.31 Å². The summed E-state index contributed by atoms with van der Waals surface area (Å²) in [5, 5.41) is 0. The third-order valence-electron chi connectivity index (χ3n) is 4.48. The molecule has 1 aromatic carbocycles. The fraction of sp³-hybridized carbons (Fsp3) is 0.625. The van der Waals surface area contributed by atoms with Gasteiger partial charge < -0.3 is 18.9 Å². The van der Waals surface area contributed by atoms with Crippen molar-refractivity contribution in [2.45, 2.75) is 42.5 Å². The molecule has 2 rings (SSSR count). The van der Waals surface area contributed by atoms with Crippen LogP contribution in [0.25, 0.3) is 0 Å². The Hall–Kier alpha value is -1.03. The van der Waals surface area contributed by atoms with Crippen LogP contribution >= 0.6 is 0 Å². The summed E-state index contributed by atoms with van der Waals surface area (Å²) >= 11 is 0. The van der Waals surface area contributed by atoms with E-state index in [1.807, 2.05) is 0 Å². The molecular weight excluding hydrogens is 334 g/mol. The molecule has 0 aliphatic carbocycles. The Bertz CT molecular complexity index is 637. The number of sulfonamides is 1. The maximum atomic E-state index is 12.9. The molecule has 1 aliphatic rings. The first-order valence-electron chi connectivity index (χ1n) is 7.61. The van der Waals surface area contributed by atoms with Crippen molar-refractivity contribution in [3.8, 4) is 0 Å². The van der Waals surface area contributed by atoms with Crippen molar-refractivity contribution in [1.29, 1.82) is 0 Å². The summed E-state index contributed by atoms with van der Waals surface area (Å²) in [6, 6.07) is 7.77. The number of likely N-dealkylation sites (N-methyl/N-ethyl adjacent to an activating group) is 1. The number of ether oxygens (including phenoxy) is 4. The zero-order chi connectivity index (χ0) is 18.0. The van der Waals surface area contributed by atoms with Crippen molar-refractivity contribution in [3.05, 3.63) is 30.3 Å². The van der Waals surface area contributed by atoms with Crippen LogP contribution in [0.1, 0.15) is 13.3 Å². The lowest BCUT2D eigenvalue weighted by Gasteiger charge is -2.48. The molecule has 0 spiro atoms. The van der Waals surface area contributed by atoms with Gasteiger partial charge in [-0.1, -0.05) is 18.2 Å². The molecule has 0 amide bonds. The van der Waals surface area contributed by atoms with E-state index in [9.17, 15) is 8.42 Å². The minimum absolute atomic E-state index is 0.224. The third-order valence-corrected chi connectivity index (χ3v) is 6.37. The Labute approximate surface area is 143 Å². The molecule has 136 valence electrons. The molecule has 24 heavy (non-hydrogen) atoms. The standard InChI is InChI=1S/C16H25NO6S/c1-16(22-5)15(21-4)13(11-14(20-3)23-16)17(2)24(18,19)12-9-7-6-8-10-12/h6-10,13-15H,11H2,1-5H3/t13-,14-,15-,16-/m0/s1. The summed E-state index contributed by atoms with van der Waals surface area (Å²) in [7, 11) is 2.36. The van der Waals surface area contributed by atoms with Gasteiger partial charge in [0.1, 0.15) is 6.10 Å². The van der Waals surface area contributed by atoms with Gasteiger partial charge in [-0.25, -0.2) is 8.42 Å². The van der Waals surface area contributed by atoms with Gasteiger partial charge in [0.15, 0.2) is 12.1 Å². The molecule has 1 heterocycles. The minimum Gasteiger partial charge on any atom is -0.374 e. The van der Waals surface area contributed by atoms with Crippen molar-refractivity contribution < 1.29 is 27.4 Å². The van der Waals surface area contributed by atoms with Crippen LogP contribution in [0.5, 0.6) is 0 Å². The van der Waals surface area contributed by atoms with E-state index in [-0.39, 0.29) is 4.90 Å². The molecule has 0 bridgehead atoms. The van der Waals surface area contributed by atoms with E-state index >= 15 is 0 Å². The van der Waals surface area contributed by atoms with Gasteiger partial charge in [0.2, 0.25) is 10.0 Å². The molecule has 4 atom stereocenters. The van der Waals surface area contributed by atoms with Crippen LogP contribution < -0.4 is 0 Å². The van der Waals surface area contributed by atoms with E-state index in [0.717, 1.165) is 0 Å². The molecule has 1 saturated heterocycles. The topological polar surface area (TPSA) is 74.3 Å². The van der Waals surface area contributed by atoms with E-state index in [1.54, 1.807) is 37.3 Å². The number of nitrogens with zero attached hydrogens (tertiary/aromatic N) is 1. The minimum atomic E-state index is -3.69. The van der Waals surface area contributed by atoms with Crippen LogP contribution in [0, 0.1) is 0 Å². The average Bonchev–Trinajstić information content (AvgIpc) is 2.60. The highest BCUT2D eigenvalue weighted by Gasteiger charge is 2.51. The molecule has 0 saturated carbocycles. The first-order valence-corrected chi connectivity index (χ1v) is 9.05. The second-order valence-corrected chi connectivity index (χ2v) is 7.79. The average molecular weight is 359 g/mol. The first-order chi connectivity index (χ1) is 11.3. The maximum Gasteiger partial charge on any atom is 0.243 e. The summed E-state index contributed by atoms with van der Waals surface area (Å²) < 4.78 is 49.3. The van der Waals surface area contributed by atoms with Crippen LogP contribution in [0.2, 0.25) is 0 Å². The lowest BCUT2D eigenvalue weighted by atomic mass is 9.96. The fourth-order valence-corrected chi connectivity index (χ4v) is 4.39. The summed E-state index contributed by atoms with van der Waals surface area (Å²) in [4.78, 5) is 0.224. The quantitative estimate of drug-likeness (QED) is 0.765. The second-order valence-electron chi connectivity index (χ2n) is 5.80. The molecule has 0 aromatic heterocycles. The smallest absolute Gasteiger partial charge is 0.243 e. The van der Waals surface area contributed by atoms with Gasteiger partial charge in [0.25, 0.3) is 0 Å². The Morgan fingerprint density at radius 1 is 1.17 bits per heavy atom. The Morgan fingerprint density at radius 2 is 1.79 bits per heavy atom. The summed E-state index contributed by atoms with van der Waals surface area (Å²) in [6.45, 7) is 1.71. The van der Waals surface area contributed by atoms with E-state index in [1.165, 1.54) is 32.7 Å². The predicted molar refractivity (Wildman–Crippen MR) is 87.9 cm³/mol. The molecule has 1 fully saturated rings. The number of benzene rings is 1. The Balaban J connectivity index is 2.39. The van der Waals surface area contributed by atoms with Crippen molar-refractivity contribution in [2.75, 3.05) is 28.4 Å². The van der Waals surface area contributed by atoms with Crippen molar-refractivity contribution >= 4 is 10.0 Å². The lowest BCUT2D eigenvalue weighted by molar-refractivity contribution is -0.355. The van der Waals surface area contributed by atoms with E-state index in [0.29, 0.717) is 6.42 Å². The fourth-order valence-electron chi connectivity index (χ4n) is 3.00. The highest BCUT2D eigenvalue weighted by Crippen LogP contribution is 2.36. The third kappa shape index (κ3) is 3.49. The SMILES string of the molecule is CO[C@@H]1C[C@H](N(C)S(=O)(=O)c2ccccc2)[C@H](OC)[C@@](C)(OC)O1. The second kappa shape index (κ2) is 7.47. The normalized spacial score (nSPS) is 31.3. The lowest BCUT2D eigenvalue weighted by Crippen LogP contribution is -2.63. The van der Waals surface area contributed by atoms with E-state index in [2.05, 4.69) is 0 Å². The van der Waals surface area contributed by atoms with Crippen LogP contribution in [-0.2, 0) is 29.0 Å². The van der Waals surface area contributed by atoms with Crippen molar-refractivity contribution in [3.63, 3.8) is 0 Å². The van der Waals surface area contributed by atoms with Gasteiger partial charge in [0, 0.05) is 34.8 Å². The van der Waals surface area contributed by atoms with Crippen LogP contribution in [0.15, 0.2) is 35.2 Å². The van der Waals surface area contributed by atoms with Gasteiger partial charge >= 0.3 is 0 Å². The maximum absolute atomic E-state index is 12.9. The molecule has 0 radical (unpaired) electrons. The monoisotopic (exact) mass is 359 g/mol. The summed E-state index contributed by atoms with van der Waals surface area (Å²) in [5.74, 6) is -1.13. The predicted octanol–water partition coefficient (Wildman–Crippen LogP) is 1.45. The molecule has 7 nitrogen and oxygen atoms in total. The first kappa shape index (κ1) is 19.3. The number of methoxy groups -OCH3 is 3. The van der Waals surface area contributed by atoms with Gasteiger partial charge in [-0.15, -0.1) is 0 Å². The van der Waals surface area contributed by atoms with Gasteiger partial charge in [-0.3, -0.25) is 0 Å². The van der Waals surface area contributed by atoms with Crippen LogP contribution in [0.4, 0.5) is 0 Å². The molecular formula is C16H25NO6S. The highest BCUT2D eigenvalue weighted by molar-refractivity contribution is 7.89. The van der Waals surface area contributed by atoms with Gasteiger partial charge in [-0.05, 0) is 19.1 Å². The highest BCUT2D eigenvalue weighted by atomic mass is 32.2. The van der Waals surface area contributed by atoms with Crippen molar-refractivity contribution in [2.24, 2.45) is 0 Å². The Kier molecular flexibility index (Phi) is 6.00. The zero-order valence-corrected chi connectivity index (χ0v) is 15.4. The number of hydrogen-bond acceptors (Lipinski definition) is 6. The Morgan fingerprint density at radius 3 is 2.29 bits per heavy atom.